The molecule has 1 aliphatic carbocycles. The van der Waals surface area contributed by atoms with Crippen molar-refractivity contribution in [1.29, 1.82) is 0 Å². The highest BCUT2D eigenvalue weighted by Gasteiger charge is 2.28. The molecular formula is C14H20N2O2. The Morgan fingerprint density at radius 3 is 3.06 bits per heavy atom. The summed E-state index contributed by atoms with van der Waals surface area (Å²) in [5.41, 5.74) is 2.19. The van der Waals surface area contributed by atoms with Gasteiger partial charge < -0.3 is 10.4 Å². The van der Waals surface area contributed by atoms with Gasteiger partial charge >= 0.3 is 0 Å². The molecule has 0 spiro atoms. The Hall–Kier alpha value is -1.55. The first-order valence-electron chi connectivity index (χ1n) is 6.41. The van der Waals surface area contributed by atoms with Crippen LogP contribution in [0.15, 0.2) is 18.2 Å². The molecule has 0 bridgehead atoms. The molecule has 18 heavy (non-hydrogen) atoms. The summed E-state index contributed by atoms with van der Waals surface area (Å²) >= 11 is 0. The van der Waals surface area contributed by atoms with Crippen molar-refractivity contribution in [2.24, 2.45) is 0 Å². The predicted molar refractivity (Wildman–Crippen MR) is 70.5 cm³/mol. The number of nitrogens with zero attached hydrogens (tertiary/aromatic N) is 1. The van der Waals surface area contributed by atoms with E-state index in [9.17, 15) is 9.90 Å². The summed E-state index contributed by atoms with van der Waals surface area (Å²) in [5.74, 6) is 0.426. The number of phenolic OH excluding ortho intramolecular Hbond substituents is 1. The second-order valence-corrected chi connectivity index (χ2v) is 4.77. The largest absolute Gasteiger partial charge is 0.508 e. The molecule has 1 aromatic rings. The Bertz CT molecular complexity index is 445. The second-order valence-electron chi connectivity index (χ2n) is 4.77. The van der Waals surface area contributed by atoms with Crippen LogP contribution in [-0.4, -0.2) is 36.1 Å². The Labute approximate surface area is 108 Å². The first-order valence-corrected chi connectivity index (χ1v) is 6.41. The van der Waals surface area contributed by atoms with Gasteiger partial charge in [-0.15, -0.1) is 0 Å². The minimum atomic E-state index is 0.0496. The minimum absolute atomic E-state index is 0.0496. The number of nitrogens with one attached hydrogen (secondary N) is 1. The summed E-state index contributed by atoms with van der Waals surface area (Å²) in [6, 6.07) is 5.87. The van der Waals surface area contributed by atoms with Crippen molar-refractivity contribution in [3.05, 3.63) is 29.3 Å². The highest BCUT2D eigenvalue weighted by atomic mass is 16.3. The summed E-state index contributed by atoms with van der Waals surface area (Å²) in [7, 11) is 1.96. The molecule has 1 unspecified atom stereocenters. The number of likely N-dealkylation sites (N-methyl/N-ethyl adjacent to an activating group) is 2. The SMILES string of the molecule is CCNC(=O)CN(C)C1CCc2c(O)cccc21. The summed E-state index contributed by atoms with van der Waals surface area (Å²) in [5, 5.41) is 12.6. The third kappa shape index (κ3) is 2.48. The maximum absolute atomic E-state index is 11.6. The molecule has 0 radical (unpaired) electrons. The van der Waals surface area contributed by atoms with Crippen LogP contribution in [0.2, 0.25) is 0 Å². The molecule has 1 amide bonds. The molecule has 1 aliphatic rings. The first kappa shape index (κ1) is 12.9. The molecule has 0 saturated carbocycles. The van der Waals surface area contributed by atoms with E-state index in [1.54, 1.807) is 6.07 Å². The molecule has 1 aromatic carbocycles. The zero-order valence-corrected chi connectivity index (χ0v) is 10.9. The first-order chi connectivity index (χ1) is 8.63. The normalized spacial score (nSPS) is 17.8. The van der Waals surface area contributed by atoms with Gasteiger partial charge in [-0.25, -0.2) is 0 Å². The molecule has 2 N–H and O–H groups in total. The summed E-state index contributed by atoms with van der Waals surface area (Å²) in [4.78, 5) is 13.6. The Balaban J connectivity index is 2.09. The fourth-order valence-corrected chi connectivity index (χ4v) is 2.66. The number of aromatic hydroxyl groups is 1. The van der Waals surface area contributed by atoms with Crippen LogP contribution < -0.4 is 5.32 Å². The van der Waals surface area contributed by atoms with Crippen LogP contribution in [0.1, 0.15) is 30.5 Å². The van der Waals surface area contributed by atoms with Crippen LogP contribution in [0.25, 0.3) is 0 Å². The lowest BCUT2D eigenvalue weighted by Crippen LogP contribution is -2.36. The monoisotopic (exact) mass is 248 g/mol. The average molecular weight is 248 g/mol. The van der Waals surface area contributed by atoms with Crippen molar-refractivity contribution in [2.75, 3.05) is 20.1 Å². The number of phenols is 1. The molecule has 0 heterocycles. The molecular weight excluding hydrogens is 228 g/mol. The standard InChI is InChI=1S/C14H20N2O2/c1-3-15-14(18)9-16(2)12-8-7-11-10(12)5-4-6-13(11)17/h4-6,12,17H,3,7-9H2,1-2H3,(H,15,18). The van der Waals surface area contributed by atoms with E-state index < -0.39 is 0 Å². The van der Waals surface area contributed by atoms with Gasteiger partial charge in [0.25, 0.3) is 0 Å². The number of hydrogen-bond donors (Lipinski definition) is 2. The number of carbonyl (C=O) groups excluding carboxylic acids is 1. The van der Waals surface area contributed by atoms with Crippen molar-refractivity contribution >= 4 is 5.91 Å². The molecule has 0 aliphatic heterocycles. The maximum Gasteiger partial charge on any atom is 0.234 e. The zero-order valence-electron chi connectivity index (χ0n) is 10.9. The fraction of sp³-hybridized carbons (Fsp3) is 0.500. The van der Waals surface area contributed by atoms with Crippen molar-refractivity contribution in [1.82, 2.24) is 10.2 Å². The smallest absolute Gasteiger partial charge is 0.234 e. The van der Waals surface area contributed by atoms with Crippen LogP contribution in [0.3, 0.4) is 0 Å². The predicted octanol–water partition coefficient (Wildman–Crippen LogP) is 1.45. The highest BCUT2D eigenvalue weighted by molar-refractivity contribution is 5.78. The topological polar surface area (TPSA) is 52.6 Å². The van der Waals surface area contributed by atoms with Crippen LogP contribution >= 0.6 is 0 Å². The number of benzene rings is 1. The molecule has 4 heteroatoms. The molecule has 1 atom stereocenters. The second kappa shape index (κ2) is 5.40. The van der Waals surface area contributed by atoms with Crippen LogP contribution in [0.5, 0.6) is 5.75 Å². The van der Waals surface area contributed by atoms with E-state index >= 15 is 0 Å². The maximum atomic E-state index is 11.6. The number of carbonyl (C=O) groups is 1. The van der Waals surface area contributed by atoms with E-state index in [2.05, 4.69) is 10.2 Å². The minimum Gasteiger partial charge on any atom is -0.508 e. The van der Waals surface area contributed by atoms with E-state index in [-0.39, 0.29) is 11.9 Å². The quantitative estimate of drug-likeness (QED) is 0.848. The van der Waals surface area contributed by atoms with Gasteiger partial charge in [-0.2, -0.15) is 0 Å². The lowest BCUT2D eigenvalue weighted by molar-refractivity contribution is -0.122. The van der Waals surface area contributed by atoms with Crippen LogP contribution in [-0.2, 0) is 11.2 Å². The van der Waals surface area contributed by atoms with Crippen LogP contribution in [0, 0.1) is 0 Å². The fourth-order valence-electron chi connectivity index (χ4n) is 2.66. The average Bonchev–Trinajstić information content (AvgIpc) is 2.74. The molecule has 0 fully saturated rings. The van der Waals surface area contributed by atoms with Crippen LogP contribution in [0.4, 0.5) is 0 Å². The van der Waals surface area contributed by atoms with Gasteiger partial charge in [0, 0.05) is 12.6 Å². The number of fused-ring (bicyclic) bond motifs is 1. The Morgan fingerprint density at radius 1 is 1.56 bits per heavy atom. The highest BCUT2D eigenvalue weighted by Crippen LogP contribution is 2.38. The van der Waals surface area contributed by atoms with Crippen molar-refractivity contribution in [2.45, 2.75) is 25.8 Å². The van der Waals surface area contributed by atoms with Gasteiger partial charge in [0.2, 0.25) is 5.91 Å². The van der Waals surface area contributed by atoms with E-state index in [1.807, 2.05) is 26.1 Å². The van der Waals surface area contributed by atoms with Gasteiger partial charge in [-0.1, -0.05) is 12.1 Å². The van der Waals surface area contributed by atoms with Gasteiger partial charge in [0.15, 0.2) is 0 Å². The van der Waals surface area contributed by atoms with Gasteiger partial charge in [0.1, 0.15) is 5.75 Å². The Kier molecular flexibility index (Phi) is 3.87. The van der Waals surface area contributed by atoms with Gasteiger partial charge in [-0.05, 0) is 44.0 Å². The lowest BCUT2D eigenvalue weighted by Gasteiger charge is -2.24. The molecule has 0 saturated heterocycles. The van der Waals surface area contributed by atoms with E-state index in [0.717, 1.165) is 24.0 Å². The molecule has 0 aromatic heterocycles. The van der Waals surface area contributed by atoms with Crippen molar-refractivity contribution in [3.8, 4) is 5.75 Å². The summed E-state index contributed by atoms with van der Waals surface area (Å²) in [6.45, 7) is 2.98. The lowest BCUT2D eigenvalue weighted by atomic mass is 10.1. The van der Waals surface area contributed by atoms with E-state index in [4.69, 9.17) is 0 Å². The number of amides is 1. The van der Waals surface area contributed by atoms with E-state index in [1.165, 1.54) is 0 Å². The zero-order chi connectivity index (χ0) is 13.1. The third-order valence-corrected chi connectivity index (χ3v) is 3.51. The van der Waals surface area contributed by atoms with Crippen molar-refractivity contribution in [3.63, 3.8) is 0 Å². The van der Waals surface area contributed by atoms with Crippen molar-refractivity contribution < 1.29 is 9.90 Å². The summed E-state index contributed by atoms with van der Waals surface area (Å²) < 4.78 is 0. The summed E-state index contributed by atoms with van der Waals surface area (Å²) in [6.07, 6.45) is 1.84. The molecule has 2 rings (SSSR count). The van der Waals surface area contributed by atoms with Gasteiger partial charge in [-0.3, -0.25) is 9.69 Å². The number of hydrogen-bond acceptors (Lipinski definition) is 3. The van der Waals surface area contributed by atoms with E-state index in [0.29, 0.717) is 18.8 Å². The molecule has 98 valence electrons. The number of rotatable bonds is 4. The van der Waals surface area contributed by atoms with Gasteiger partial charge in [0.05, 0.1) is 6.54 Å². The third-order valence-electron chi connectivity index (χ3n) is 3.51. The molecule has 4 nitrogen and oxygen atoms in total. The Morgan fingerprint density at radius 2 is 2.33 bits per heavy atom.